The fourth-order valence-electron chi connectivity index (χ4n) is 5.45. The molecule has 2 heterocycles. The van der Waals surface area contributed by atoms with Gasteiger partial charge in [0.2, 0.25) is 0 Å². The van der Waals surface area contributed by atoms with Crippen molar-refractivity contribution < 1.29 is 40.3 Å². The lowest BCUT2D eigenvalue weighted by Crippen LogP contribution is -2.67. The number of benzene rings is 3. The highest BCUT2D eigenvalue weighted by Gasteiger charge is 2.54. The number of halogens is 8. The van der Waals surface area contributed by atoms with Crippen molar-refractivity contribution in [3.8, 4) is 5.75 Å². The molecule has 1 saturated heterocycles. The number of alkyl halides is 6. The van der Waals surface area contributed by atoms with Gasteiger partial charge in [-0.25, -0.2) is 4.39 Å². The number of nitrogens with zero attached hydrogens (tertiary/aromatic N) is 3. The van der Waals surface area contributed by atoms with Crippen molar-refractivity contribution in [3.05, 3.63) is 89.7 Å². The van der Waals surface area contributed by atoms with E-state index in [-0.39, 0.29) is 37.2 Å². The summed E-state index contributed by atoms with van der Waals surface area (Å²) in [7, 11) is 0. The molecule has 1 unspecified atom stereocenters. The van der Waals surface area contributed by atoms with Crippen LogP contribution in [0, 0.1) is 5.82 Å². The lowest BCUT2D eigenvalue weighted by molar-refractivity contribution is -0.274. The van der Waals surface area contributed by atoms with Gasteiger partial charge in [-0.1, -0.05) is 24.3 Å². The molecule has 2 aliphatic rings. The van der Waals surface area contributed by atoms with Gasteiger partial charge in [0.1, 0.15) is 23.3 Å². The topological polar surface area (TPSA) is 36.0 Å². The SMILES string of the molecule is O=C1c2ccccc2N(Br)C2(CCN(C(c3cccc(F)c3)C(F)(F)F)CC2)N1c1ccc(OC(F)(F)F)cc1. The Hall–Kier alpha value is -3.32. The van der Waals surface area contributed by atoms with Gasteiger partial charge in [-0.3, -0.25) is 18.5 Å². The Bertz CT molecular complexity index is 1390. The molecule has 0 aromatic heterocycles. The van der Waals surface area contributed by atoms with Crippen LogP contribution in [0.1, 0.15) is 34.8 Å². The zero-order valence-corrected chi connectivity index (χ0v) is 22.1. The number of hydrogen-bond donors (Lipinski definition) is 0. The number of hydrogen-bond acceptors (Lipinski definition) is 4. The molecule has 1 atom stereocenters. The Balaban J connectivity index is 1.52. The molecule has 1 spiro atoms. The Morgan fingerprint density at radius 3 is 2.12 bits per heavy atom. The first-order chi connectivity index (χ1) is 18.8. The van der Waals surface area contributed by atoms with Crippen LogP contribution in [0.2, 0.25) is 0 Å². The number of para-hydroxylation sites is 1. The van der Waals surface area contributed by atoms with E-state index in [4.69, 9.17) is 0 Å². The molecule has 1 fully saturated rings. The van der Waals surface area contributed by atoms with Crippen LogP contribution in [0.25, 0.3) is 0 Å². The molecule has 13 heteroatoms. The number of rotatable bonds is 4. The molecule has 3 aromatic rings. The standard InChI is InChI=1S/C27H21BrF7N3O2/c28-38-22-7-2-1-6-21(22)24(39)37(19-8-10-20(11-9-19)40-27(33,34)35)25(38)12-14-36(15-13-25)23(26(30,31)32)17-4-3-5-18(29)16-17/h1-11,16,23H,12-15H2. The smallest absolute Gasteiger partial charge is 0.406 e. The van der Waals surface area contributed by atoms with E-state index < -0.39 is 41.7 Å². The van der Waals surface area contributed by atoms with Gasteiger partial charge in [0.15, 0.2) is 0 Å². The van der Waals surface area contributed by atoms with Crippen LogP contribution >= 0.6 is 16.1 Å². The largest absolute Gasteiger partial charge is 0.573 e. The minimum Gasteiger partial charge on any atom is -0.406 e. The molecule has 212 valence electrons. The summed E-state index contributed by atoms with van der Waals surface area (Å²) in [5, 5.41) is 0. The van der Waals surface area contributed by atoms with Crippen LogP contribution in [0.3, 0.4) is 0 Å². The molecule has 3 aromatic carbocycles. The number of fused-ring (bicyclic) bond motifs is 1. The van der Waals surface area contributed by atoms with Gasteiger partial charge in [0, 0.05) is 31.6 Å². The lowest BCUT2D eigenvalue weighted by atomic mass is 9.88. The summed E-state index contributed by atoms with van der Waals surface area (Å²) in [6, 6.07) is 13.7. The van der Waals surface area contributed by atoms with E-state index in [2.05, 4.69) is 20.9 Å². The van der Waals surface area contributed by atoms with Gasteiger partial charge < -0.3 is 4.74 Å². The molecule has 0 N–H and O–H groups in total. The normalized spacial score (nSPS) is 18.6. The molecule has 0 radical (unpaired) electrons. The number of likely N-dealkylation sites (tertiary alicyclic amines) is 1. The molecule has 0 bridgehead atoms. The van der Waals surface area contributed by atoms with Gasteiger partial charge in [0.05, 0.1) is 27.4 Å². The zero-order valence-electron chi connectivity index (χ0n) is 20.5. The second kappa shape index (κ2) is 10.3. The molecule has 5 nitrogen and oxygen atoms in total. The summed E-state index contributed by atoms with van der Waals surface area (Å²) in [6.07, 6.45) is -9.55. The van der Waals surface area contributed by atoms with Crippen molar-refractivity contribution in [2.24, 2.45) is 0 Å². The number of amides is 1. The minimum absolute atomic E-state index is 0.0288. The molecular formula is C27H21BrF7N3O2. The van der Waals surface area contributed by atoms with E-state index in [1.54, 1.807) is 28.2 Å². The van der Waals surface area contributed by atoms with Crippen molar-refractivity contribution in [2.75, 3.05) is 21.9 Å². The number of piperidine rings is 1. The summed E-state index contributed by atoms with van der Waals surface area (Å²) in [4.78, 5) is 16.4. The maximum absolute atomic E-state index is 14.2. The number of ether oxygens (including phenoxy) is 1. The first-order valence-electron chi connectivity index (χ1n) is 12.1. The van der Waals surface area contributed by atoms with E-state index in [1.807, 2.05) is 0 Å². The van der Waals surface area contributed by atoms with Crippen molar-refractivity contribution in [3.63, 3.8) is 0 Å². The third kappa shape index (κ3) is 5.24. The average Bonchev–Trinajstić information content (AvgIpc) is 2.88. The maximum atomic E-state index is 14.2. The fourth-order valence-corrected chi connectivity index (χ4v) is 6.27. The van der Waals surface area contributed by atoms with E-state index in [9.17, 15) is 35.5 Å². The first-order valence-corrected chi connectivity index (χ1v) is 12.8. The second-order valence-electron chi connectivity index (χ2n) is 9.50. The van der Waals surface area contributed by atoms with Gasteiger partial charge >= 0.3 is 12.5 Å². The van der Waals surface area contributed by atoms with Crippen LogP contribution in [-0.4, -0.2) is 42.1 Å². The van der Waals surface area contributed by atoms with Crippen LogP contribution in [-0.2, 0) is 0 Å². The zero-order chi connectivity index (χ0) is 28.9. The molecule has 2 aliphatic heterocycles. The van der Waals surface area contributed by atoms with Crippen LogP contribution in [0.15, 0.2) is 72.8 Å². The lowest BCUT2D eigenvalue weighted by Gasteiger charge is -2.56. The fraction of sp³-hybridized carbons (Fsp3) is 0.296. The number of anilines is 2. The van der Waals surface area contributed by atoms with Gasteiger partial charge in [0.25, 0.3) is 5.91 Å². The monoisotopic (exact) mass is 631 g/mol. The third-order valence-corrected chi connectivity index (χ3v) is 8.14. The Kier molecular flexibility index (Phi) is 7.24. The first kappa shape index (κ1) is 28.2. The van der Waals surface area contributed by atoms with Crippen molar-refractivity contribution in [1.29, 1.82) is 0 Å². The third-order valence-electron chi connectivity index (χ3n) is 7.10. The number of carbonyl (C=O) groups excluding carboxylic acids is 1. The second-order valence-corrected chi connectivity index (χ2v) is 10.2. The van der Waals surface area contributed by atoms with E-state index >= 15 is 0 Å². The van der Waals surface area contributed by atoms with E-state index in [0.717, 1.165) is 24.3 Å². The van der Waals surface area contributed by atoms with Crippen molar-refractivity contribution >= 4 is 33.4 Å². The highest BCUT2D eigenvalue weighted by molar-refractivity contribution is 9.10. The molecule has 40 heavy (non-hydrogen) atoms. The molecule has 1 amide bonds. The predicted octanol–water partition coefficient (Wildman–Crippen LogP) is 7.60. The van der Waals surface area contributed by atoms with Crippen LogP contribution in [0.4, 0.5) is 42.1 Å². The Morgan fingerprint density at radius 1 is 0.875 bits per heavy atom. The maximum Gasteiger partial charge on any atom is 0.573 e. The Labute approximate surface area is 233 Å². The summed E-state index contributed by atoms with van der Waals surface area (Å²) in [5.74, 6) is -1.73. The summed E-state index contributed by atoms with van der Waals surface area (Å²) in [5.41, 5.74) is -0.389. The summed E-state index contributed by atoms with van der Waals surface area (Å²) in [6.45, 7) is -0.242. The molecule has 0 saturated carbocycles. The van der Waals surface area contributed by atoms with Crippen LogP contribution in [0.5, 0.6) is 5.75 Å². The van der Waals surface area contributed by atoms with E-state index in [1.165, 1.54) is 34.1 Å². The highest BCUT2D eigenvalue weighted by atomic mass is 79.9. The summed E-state index contributed by atoms with van der Waals surface area (Å²) < 4.78 is 100. The molecular weight excluding hydrogens is 611 g/mol. The molecule has 5 rings (SSSR count). The predicted molar refractivity (Wildman–Crippen MR) is 137 cm³/mol. The van der Waals surface area contributed by atoms with Gasteiger partial charge in [-0.15, -0.1) is 13.2 Å². The summed E-state index contributed by atoms with van der Waals surface area (Å²) >= 11 is 3.55. The Morgan fingerprint density at radius 2 is 1.52 bits per heavy atom. The van der Waals surface area contributed by atoms with Gasteiger partial charge in [-0.05, 0) is 54.1 Å². The average molecular weight is 632 g/mol. The number of carbonyl (C=O) groups is 1. The van der Waals surface area contributed by atoms with Crippen LogP contribution < -0.4 is 13.6 Å². The molecule has 0 aliphatic carbocycles. The van der Waals surface area contributed by atoms with Crippen molar-refractivity contribution in [1.82, 2.24) is 4.90 Å². The minimum atomic E-state index is -4.90. The van der Waals surface area contributed by atoms with Gasteiger partial charge in [-0.2, -0.15) is 13.2 Å². The quantitative estimate of drug-likeness (QED) is 0.220. The highest BCUT2D eigenvalue weighted by Crippen LogP contribution is 2.49. The van der Waals surface area contributed by atoms with E-state index in [0.29, 0.717) is 11.3 Å². The van der Waals surface area contributed by atoms with Crippen molar-refractivity contribution in [2.45, 2.75) is 37.1 Å².